The number of benzene rings is 2. The molecular formula is C23H29N. The van der Waals surface area contributed by atoms with Gasteiger partial charge in [0.25, 0.3) is 0 Å². The van der Waals surface area contributed by atoms with E-state index < -0.39 is 0 Å². The highest BCUT2D eigenvalue weighted by Crippen LogP contribution is 2.38. The first-order chi connectivity index (χ1) is 11.6. The van der Waals surface area contributed by atoms with Crippen molar-refractivity contribution in [3.63, 3.8) is 0 Å². The first-order valence-corrected chi connectivity index (χ1v) is 9.25. The van der Waals surface area contributed by atoms with Gasteiger partial charge in [0.1, 0.15) is 0 Å². The van der Waals surface area contributed by atoms with Gasteiger partial charge < -0.3 is 5.73 Å². The van der Waals surface area contributed by atoms with E-state index in [4.69, 9.17) is 5.73 Å². The Morgan fingerprint density at radius 1 is 0.958 bits per heavy atom. The van der Waals surface area contributed by atoms with Crippen LogP contribution in [0.25, 0.3) is 0 Å². The summed E-state index contributed by atoms with van der Waals surface area (Å²) in [5.74, 6) is 1.05. The van der Waals surface area contributed by atoms with Crippen LogP contribution in [0.5, 0.6) is 0 Å². The third kappa shape index (κ3) is 3.62. The zero-order chi connectivity index (χ0) is 17.0. The van der Waals surface area contributed by atoms with E-state index in [2.05, 4.69) is 80.6 Å². The Labute approximate surface area is 146 Å². The molecule has 0 saturated heterocycles. The smallest absolute Gasteiger partial charge is 0.0334 e. The Kier molecular flexibility index (Phi) is 5.20. The quantitative estimate of drug-likeness (QED) is 0.722. The van der Waals surface area contributed by atoms with E-state index in [0.29, 0.717) is 11.8 Å². The van der Waals surface area contributed by atoms with Gasteiger partial charge >= 0.3 is 0 Å². The van der Waals surface area contributed by atoms with Crippen LogP contribution in [-0.4, -0.2) is 5.54 Å². The van der Waals surface area contributed by atoms with E-state index in [0.717, 1.165) is 25.7 Å². The zero-order valence-corrected chi connectivity index (χ0v) is 14.9. The molecule has 24 heavy (non-hydrogen) atoms. The Balaban J connectivity index is 1.89. The molecular weight excluding hydrogens is 290 g/mol. The Bertz CT molecular complexity index is 657. The summed E-state index contributed by atoms with van der Waals surface area (Å²) in [6, 6.07) is 19.8. The maximum absolute atomic E-state index is 6.52. The van der Waals surface area contributed by atoms with Gasteiger partial charge in [-0.3, -0.25) is 0 Å². The fourth-order valence-corrected chi connectivity index (χ4v) is 3.84. The molecule has 1 nitrogen and oxygen atoms in total. The lowest BCUT2D eigenvalue weighted by molar-refractivity contribution is 0.474. The van der Waals surface area contributed by atoms with Crippen LogP contribution >= 0.6 is 0 Å². The van der Waals surface area contributed by atoms with Crippen LogP contribution in [0.1, 0.15) is 49.3 Å². The van der Waals surface area contributed by atoms with Crippen LogP contribution in [0.3, 0.4) is 0 Å². The molecule has 1 unspecified atom stereocenters. The van der Waals surface area contributed by atoms with E-state index in [1.54, 1.807) is 0 Å². The number of allylic oxidation sites excluding steroid dienone is 1. The van der Waals surface area contributed by atoms with E-state index in [1.807, 2.05) is 0 Å². The summed E-state index contributed by atoms with van der Waals surface area (Å²) in [5, 5.41) is 0. The van der Waals surface area contributed by atoms with Crippen molar-refractivity contribution in [1.29, 1.82) is 0 Å². The molecule has 0 radical (unpaired) electrons. The fourth-order valence-electron chi connectivity index (χ4n) is 3.84. The average Bonchev–Trinajstić information content (AvgIpc) is 3.06. The minimum Gasteiger partial charge on any atom is -0.322 e. The summed E-state index contributed by atoms with van der Waals surface area (Å²) in [4.78, 5) is 0. The van der Waals surface area contributed by atoms with Crippen molar-refractivity contribution < 1.29 is 0 Å². The summed E-state index contributed by atoms with van der Waals surface area (Å²) >= 11 is 0. The largest absolute Gasteiger partial charge is 0.322 e. The third-order valence-electron chi connectivity index (χ3n) is 5.73. The molecule has 2 aromatic carbocycles. The van der Waals surface area contributed by atoms with E-state index in [9.17, 15) is 0 Å². The topological polar surface area (TPSA) is 26.0 Å². The van der Waals surface area contributed by atoms with Crippen molar-refractivity contribution in [3.8, 4) is 0 Å². The lowest BCUT2D eigenvalue weighted by Gasteiger charge is -2.26. The van der Waals surface area contributed by atoms with Crippen LogP contribution in [0.2, 0.25) is 0 Å². The van der Waals surface area contributed by atoms with Gasteiger partial charge in [-0.15, -0.1) is 0 Å². The molecule has 2 N–H and O–H groups in total. The molecule has 0 spiro atoms. The average molecular weight is 319 g/mol. The first kappa shape index (κ1) is 17.0. The predicted octanol–water partition coefficient (Wildman–Crippen LogP) is 5.26. The van der Waals surface area contributed by atoms with Crippen LogP contribution in [0, 0.1) is 5.92 Å². The second-order valence-electron chi connectivity index (χ2n) is 7.17. The third-order valence-corrected chi connectivity index (χ3v) is 5.73. The molecule has 0 fully saturated rings. The second kappa shape index (κ2) is 7.36. The van der Waals surface area contributed by atoms with Crippen molar-refractivity contribution in [3.05, 3.63) is 83.4 Å². The summed E-state index contributed by atoms with van der Waals surface area (Å²) in [7, 11) is 0. The molecule has 0 saturated carbocycles. The molecule has 0 aromatic heterocycles. The van der Waals surface area contributed by atoms with Gasteiger partial charge in [-0.2, -0.15) is 0 Å². The zero-order valence-electron chi connectivity index (χ0n) is 14.9. The predicted molar refractivity (Wildman–Crippen MR) is 103 cm³/mol. The van der Waals surface area contributed by atoms with Gasteiger partial charge in [0.2, 0.25) is 0 Å². The molecule has 0 heterocycles. The van der Waals surface area contributed by atoms with Crippen molar-refractivity contribution in [2.45, 2.75) is 51.0 Å². The van der Waals surface area contributed by atoms with Gasteiger partial charge in [-0.25, -0.2) is 0 Å². The lowest BCUT2D eigenvalue weighted by Crippen LogP contribution is -2.36. The maximum Gasteiger partial charge on any atom is 0.0334 e. The highest BCUT2D eigenvalue weighted by Gasteiger charge is 2.28. The van der Waals surface area contributed by atoms with Crippen LogP contribution < -0.4 is 5.73 Å². The lowest BCUT2D eigenvalue weighted by atomic mass is 9.82. The maximum atomic E-state index is 6.52. The minimum atomic E-state index is -0.182. The van der Waals surface area contributed by atoms with Crippen LogP contribution in [-0.2, 0) is 12.8 Å². The number of hydrogen-bond acceptors (Lipinski definition) is 1. The summed E-state index contributed by atoms with van der Waals surface area (Å²) in [5.41, 5.74) is 10.8. The number of fused-ring (bicyclic) bond motifs is 1. The Morgan fingerprint density at radius 3 is 2.04 bits per heavy atom. The van der Waals surface area contributed by atoms with E-state index >= 15 is 0 Å². The normalized spacial score (nSPS) is 16.5. The molecule has 0 aliphatic heterocycles. The monoisotopic (exact) mass is 319 g/mol. The summed E-state index contributed by atoms with van der Waals surface area (Å²) in [6.07, 6.45) is 8.94. The second-order valence-corrected chi connectivity index (χ2v) is 7.17. The minimum absolute atomic E-state index is 0.182. The van der Waals surface area contributed by atoms with Crippen molar-refractivity contribution >= 4 is 0 Å². The van der Waals surface area contributed by atoms with Crippen molar-refractivity contribution in [1.82, 2.24) is 0 Å². The molecule has 0 amide bonds. The molecule has 2 aromatic rings. The SMILES string of the molecule is CCC(N)(C=CC(c1ccccc1)C1Cc2ccccc2C1)CC. The van der Waals surface area contributed by atoms with Gasteiger partial charge in [0.15, 0.2) is 0 Å². The Morgan fingerprint density at radius 2 is 1.50 bits per heavy atom. The number of nitrogens with two attached hydrogens (primary N) is 1. The molecule has 1 heteroatoms. The highest BCUT2D eigenvalue weighted by atomic mass is 14.7. The number of hydrogen-bond donors (Lipinski definition) is 1. The molecule has 0 bridgehead atoms. The highest BCUT2D eigenvalue weighted by molar-refractivity contribution is 5.36. The molecule has 1 aliphatic rings. The Hall–Kier alpha value is -1.86. The van der Waals surface area contributed by atoms with Gasteiger partial charge in [-0.05, 0) is 48.3 Å². The summed E-state index contributed by atoms with van der Waals surface area (Å²) < 4.78 is 0. The first-order valence-electron chi connectivity index (χ1n) is 9.25. The van der Waals surface area contributed by atoms with E-state index in [-0.39, 0.29) is 5.54 Å². The molecule has 126 valence electrons. The van der Waals surface area contributed by atoms with Crippen molar-refractivity contribution in [2.75, 3.05) is 0 Å². The molecule has 1 aliphatic carbocycles. The van der Waals surface area contributed by atoms with Crippen molar-refractivity contribution in [2.24, 2.45) is 11.7 Å². The van der Waals surface area contributed by atoms with Gasteiger partial charge in [0.05, 0.1) is 0 Å². The number of rotatable bonds is 6. The molecule has 1 atom stereocenters. The van der Waals surface area contributed by atoms with E-state index in [1.165, 1.54) is 16.7 Å². The van der Waals surface area contributed by atoms with Crippen LogP contribution in [0.4, 0.5) is 0 Å². The summed E-state index contributed by atoms with van der Waals surface area (Å²) in [6.45, 7) is 4.35. The molecule has 3 rings (SSSR count). The van der Waals surface area contributed by atoms with Gasteiger partial charge in [0, 0.05) is 11.5 Å². The standard InChI is InChI=1S/C23H29N/c1-3-23(24,4-2)15-14-22(18-10-6-5-7-11-18)21-16-19-12-8-9-13-20(19)17-21/h5-15,21-22H,3-4,16-17,24H2,1-2H3. The van der Waals surface area contributed by atoms with Crippen LogP contribution in [0.15, 0.2) is 66.7 Å². The van der Waals surface area contributed by atoms with Gasteiger partial charge in [-0.1, -0.05) is 80.6 Å². The fraction of sp³-hybridized carbons (Fsp3) is 0.391.